The molecule has 8 heteroatoms. The van der Waals surface area contributed by atoms with E-state index in [4.69, 9.17) is 9.88 Å². The van der Waals surface area contributed by atoms with E-state index in [1.165, 1.54) is 43.5 Å². The number of carbonyl (C=O) groups excluding carboxylic acids is 1. The lowest BCUT2D eigenvalue weighted by molar-refractivity contribution is 0.102. The van der Waals surface area contributed by atoms with Crippen molar-refractivity contribution in [1.29, 1.82) is 0 Å². The molecule has 0 aliphatic carbocycles. The minimum absolute atomic E-state index is 0.0823. The molecule has 22 heavy (non-hydrogen) atoms. The van der Waals surface area contributed by atoms with Gasteiger partial charge in [0.2, 0.25) is 10.0 Å². The summed E-state index contributed by atoms with van der Waals surface area (Å²) in [5, 5.41) is 7.43. The first kappa shape index (κ1) is 15.9. The molecule has 3 N–H and O–H groups in total. The zero-order chi connectivity index (χ0) is 16.3. The van der Waals surface area contributed by atoms with E-state index in [0.717, 1.165) is 6.07 Å². The number of primary sulfonamides is 1. The monoisotopic (exact) mass is 324 g/mol. The van der Waals surface area contributed by atoms with Crippen molar-refractivity contribution >= 4 is 21.6 Å². The van der Waals surface area contributed by atoms with Crippen LogP contribution in [0.5, 0.6) is 5.75 Å². The van der Waals surface area contributed by atoms with Crippen LogP contribution < -0.4 is 15.2 Å². The van der Waals surface area contributed by atoms with Gasteiger partial charge in [-0.3, -0.25) is 4.79 Å². The zero-order valence-corrected chi connectivity index (χ0v) is 12.4. The van der Waals surface area contributed by atoms with E-state index in [1.807, 2.05) is 0 Å². The van der Waals surface area contributed by atoms with Gasteiger partial charge in [-0.05, 0) is 36.4 Å². The van der Waals surface area contributed by atoms with Crippen molar-refractivity contribution in [2.24, 2.45) is 5.14 Å². The summed E-state index contributed by atoms with van der Waals surface area (Å²) in [6.07, 6.45) is 0. The number of halogens is 1. The summed E-state index contributed by atoms with van der Waals surface area (Å²) in [5.41, 5.74) is 0.156. The Morgan fingerprint density at radius 2 is 1.82 bits per heavy atom. The maximum Gasteiger partial charge on any atom is 0.258 e. The second-order valence-electron chi connectivity index (χ2n) is 4.37. The molecule has 116 valence electrons. The third-order valence-corrected chi connectivity index (χ3v) is 3.79. The summed E-state index contributed by atoms with van der Waals surface area (Å²) in [7, 11) is -2.41. The molecule has 0 heterocycles. The standard InChI is InChI=1S/C14H13FN2O4S/c1-21-10-4-7-12(13(15)8-10)14(18)17-9-2-5-11(6-3-9)22(16,19)20/h2-8H,1H3,(H,17,18)(H2,16,19,20). The number of amides is 1. The van der Waals surface area contributed by atoms with Gasteiger partial charge in [-0.25, -0.2) is 17.9 Å². The van der Waals surface area contributed by atoms with Crippen LogP contribution in [-0.2, 0) is 10.0 Å². The van der Waals surface area contributed by atoms with Gasteiger partial charge in [0.1, 0.15) is 11.6 Å². The van der Waals surface area contributed by atoms with E-state index in [-0.39, 0.29) is 10.5 Å². The number of hydrogen-bond acceptors (Lipinski definition) is 4. The molecule has 0 atom stereocenters. The van der Waals surface area contributed by atoms with Crippen molar-refractivity contribution in [3.05, 3.63) is 53.8 Å². The van der Waals surface area contributed by atoms with Gasteiger partial charge in [0.15, 0.2) is 0 Å². The highest BCUT2D eigenvalue weighted by Crippen LogP contribution is 2.18. The third kappa shape index (κ3) is 3.60. The highest BCUT2D eigenvalue weighted by molar-refractivity contribution is 7.89. The average molecular weight is 324 g/mol. The summed E-state index contributed by atoms with van der Waals surface area (Å²) in [6, 6.07) is 9.06. The Kier molecular flexibility index (Phi) is 4.43. The lowest BCUT2D eigenvalue weighted by atomic mass is 10.2. The summed E-state index contributed by atoms with van der Waals surface area (Å²) in [4.78, 5) is 11.9. The van der Waals surface area contributed by atoms with Crippen LogP contribution in [0.15, 0.2) is 47.4 Å². The Morgan fingerprint density at radius 1 is 1.18 bits per heavy atom. The Morgan fingerprint density at radius 3 is 2.32 bits per heavy atom. The Balaban J connectivity index is 2.19. The second-order valence-corrected chi connectivity index (χ2v) is 5.93. The van der Waals surface area contributed by atoms with Crippen LogP contribution in [0.25, 0.3) is 0 Å². The van der Waals surface area contributed by atoms with Crippen LogP contribution in [0, 0.1) is 5.82 Å². The minimum atomic E-state index is -3.80. The zero-order valence-electron chi connectivity index (χ0n) is 11.5. The van der Waals surface area contributed by atoms with Crippen molar-refractivity contribution in [3.63, 3.8) is 0 Å². The molecule has 0 saturated carbocycles. The maximum absolute atomic E-state index is 13.8. The smallest absolute Gasteiger partial charge is 0.258 e. The van der Waals surface area contributed by atoms with Crippen LogP contribution in [0.1, 0.15) is 10.4 Å². The molecular formula is C14H13FN2O4S. The summed E-state index contributed by atoms with van der Waals surface area (Å²) >= 11 is 0. The number of benzene rings is 2. The first-order valence-corrected chi connectivity index (χ1v) is 7.63. The lowest BCUT2D eigenvalue weighted by Crippen LogP contribution is -2.15. The number of ether oxygens (including phenoxy) is 1. The molecule has 0 radical (unpaired) electrons. The molecule has 6 nitrogen and oxygen atoms in total. The number of rotatable bonds is 4. The van der Waals surface area contributed by atoms with E-state index >= 15 is 0 Å². The van der Waals surface area contributed by atoms with Gasteiger partial charge in [-0.15, -0.1) is 0 Å². The predicted molar refractivity (Wildman–Crippen MR) is 78.7 cm³/mol. The molecule has 0 aliphatic rings. The summed E-state index contributed by atoms with van der Waals surface area (Å²) in [6.45, 7) is 0. The van der Waals surface area contributed by atoms with Gasteiger partial charge in [0.05, 0.1) is 17.6 Å². The molecular weight excluding hydrogens is 311 g/mol. The first-order valence-electron chi connectivity index (χ1n) is 6.09. The van der Waals surface area contributed by atoms with Crippen molar-refractivity contribution in [1.82, 2.24) is 0 Å². The quantitative estimate of drug-likeness (QED) is 0.895. The van der Waals surface area contributed by atoms with Gasteiger partial charge < -0.3 is 10.1 Å². The van der Waals surface area contributed by atoms with E-state index < -0.39 is 21.7 Å². The van der Waals surface area contributed by atoms with Crippen LogP contribution in [-0.4, -0.2) is 21.4 Å². The fraction of sp³-hybridized carbons (Fsp3) is 0.0714. The molecule has 0 fully saturated rings. The number of sulfonamides is 1. The number of methoxy groups -OCH3 is 1. The molecule has 2 rings (SSSR count). The molecule has 0 aromatic heterocycles. The molecule has 0 spiro atoms. The molecule has 2 aromatic rings. The summed E-state index contributed by atoms with van der Waals surface area (Å²) < 4.78 is 40.9. The molecule has 0 unspecified atom stereocenters. The van der Waals surface area contributed by atoms with Crippen molar-refractivity contribution in [2.75, 3.05) is 12.4 Å². The fourth-order valence-corrected chi connectivity index (χ4v) is 2.25. The molecule has 0 saturated heterocycles. The van der Waals surface area contributed by atoms with Crippen LogP contribution in [0.4, 0.5) is 10.1 Å². The van der Waals surface area contributed by atoms with Crippen LogP contribution in [0.2, 0.25) is 0 Å². The SMILES string of the molecule is COc1ccc(C(=O)Nc2ccc(S(N)(=O)=O)cc2)c(F)c1. The van der Waals surface area contributed by atoms with Gasteiger partial charge >= 0.3 is 0 Å². The van der Waals surface area contributed by atoms with E-state index in [0.29, 0.717) is 11.4 Å². The van der Waals surface area contributed by atoms with Gasteiger partial charge in [0, 0.05) is 11.8 Å². The Hall–Kier alpha value is -2.45. The number of nitrogens with one attached hydrogen (secondary N) is 1. The van der Waals surface area contributed by atoms with E-state index in [2.05, 4.69) is 5.32 Å². The van der Waals surface area contributed by atoms with Crippen molar-refractivity contribution in [3.8, 4) is 5.75 Å². The van der Waals surface area contributed by atoms with Crippen LogP contribution >= 0.6 is 0 Å². The van der Waals surface area contributed by atoms with Gasteiger partial charge in [0.25, 0.3) is 5.91 Å². The average Bonchev–Trinajstić information content (AvgIpc) is 2.46. The van der Waals surface area contributed by atoms with E-state index in [1.54, 1.807) is 0 Å². The predicted octanol–water partition coefficient (Wildman–Crippen LogP) is 1.73. The van der Waals surface area contributed by atoms with E-state index in [9.17, 15) is 17.6 Å². The highest BCUT2D eigenvalue weighted by Gasteiger charge is 2.13. The van der Waals surface area contributed by atoms with Gasteiger partial charge in [-0.2, -0.15) is 0 Å². The lowest BCUT2D eigenvalue weighted by Gasteiger charge is -2.08. The maximum atomic E-state index is 13.8. The largest absolute Gasteiger partial charge is 0.497 e. The topological polar surface area (TPSA) is 98.5 Å². The normalized spacial score (nSPS) is 11.0. The van der Waals surface area contributed by atoms with Gasteiger partial charge in [-0.1, -0.05) is 0 Å². The minimum Gasteiger partial charge on any atom is -0.497 e. The molecule has 0 aliphatic heterocycles. The Labute approximate surface area is 126 Å². The van der Waals surface area contributed by atoms with Crippen LogP contribution in [0.3, 0.4) is 0 Å². The first-order chi connectivity index (χ1) is 10.3. The van der Waals surface area contributed by atoms with Crippen molar-refractivity contribution in [2.45, 2.75) is 4.90 Å². The third-order valence-electron chi connectivity index (χ3n) is 2.86. The molecule has 2 aromatic carbocycles. The number of hydrogen-bond donors (Lipinski definition) is 2. The number of nitrogens with two attached hydrogens (primary N) is 1. The second kappa shape index (κ2) is 6.12. The number of anilines is 1. The molecule has 1 amide bonds. The molecule has 0 bridgehead atoms. The highest BCUT2D eigenvalue weighted by atomic mass is 32.2. The van der Waals surface area contributed by atoms with Crippen molar-refractivity contribution < 1.29 is 22.3 Å². The summed E-state index contributed by atoms with van der Waals surface area (Å²) in [5.74, 6) is -1.09. The Bertz CT molecular complexity index is 804. The fourth-order valence-electron chi connectivity index (χ4n) is 1.73. The number of carbonyl (C=O) groups is 1.